The lowest BCUT2D eigenvalue weighted by molar-refractivity contribution is -0.214. The van der Waals surface area contributed by atoms with Crippen LogP contribution in [0.15, 0.2) is 36.9 Å². The molecule has 0 atom stereocenters. The molecule has 0 bridgehead atoms. The number of nitrogens with zero attached hydrogens (tertiary/aromatic N) is 1. The van der Waals surface area contributed by atoms with Gasteiger partial charge < -0.3 is 25.1 Å². The minimum absolute atomic E-state index is 0.0374. The van der Waals surface area contributed by atoms with Crippen molar-refractivity contribution in [3.8, 4) is 16.9 Å². The molecule has 0 saturated heterocycles. The third-order valence-electron chi connectivity index (χ3n) is 6.12. The van der Waals surface area contributed by atoms with Crippen LogP contribution in [-0.2, 0) is 17.6 Å². The highest BCUT2D eigenvalue weighted by Crippen LogP contribution is 2.42. The Bertz CT molecular complexity index is 1260. The molecular weight excluding hydrogens is 397 g/mol. The van der Waals surface area contributed by atoms with Gasteiger partial charge in [0.05, 0.1) is 17.7 Å². The zero-order valence-electron chi connectivity index (χ0n) is 16.9. The van der Waals surface area contributed by atoms with Crippen molar-refractivity contribution in [3.63, 3.8) is 0 Å². The van der Waals surface area contributed by atoms with Gasteiger partial charge in [-0.3, -0.25) is 4.79 Å². The van der Waals surface area contributed by atoms with Crippen molar-refractivity contribution in [1.82, 2.24) is 4.98 Å². The molecule has 1 aromatic heterocycles. The average molecular weight is 418 g/mol. The monoisotopic (exact) mass is 418 g/mol. The second-order valence-electron chi connectivity index (χ2n) is 7.87. The molecular formula is C24H21FN3O3-. The Labute approximate surface area is 178 Å². The van der Waals surface area contributed by atoms with Crippen molar-refractivity contribution in [2.75, 3.05) is 18.1 Å². The molecule has 0 fully saturated rings. The van der Waals surface area contributed by atoms with E-state index in [4.69, 9.17) is 10.1 Å². The zero-order chi connectivity index (χ0) is 21.7. The fourth-order valence-corrected chi connectivity index (χ4v) is 4.73. The maximum atomic E-state index is 15.5. The fraction of sp³-hybridized carbons (Fsp3) is 0.250. The van der Waals surface area contributed by atoms with Gasteiger partial charge in [-0.15, -0.1) is 0 Å². The van der Waals surface area contributed by atoms with E-state index < -0.39 is 11.7 Å². The van der Waals surface area contributed by atoms with Crippen LogP contribution in [0.2, 0.25) is 0 Å². The summed E-state index contributed by atoms with van der Waals surface area (Å²) in [6.45, 7) is 4.32. The van der Waals surface area contributed by atoms with E-state index >= 15 is 4.39 Å². The molecule has 0 unspecified atom stereocenters. The summed E-state index contributed by atoms with van der Waals surface area (Å²) in [6, 6.07) is 6.39. The third-order valence-corrected chi connectivity index (χ3v) is 6.12. The second-order valence-corrected chi connectivity index (χ2v) is 7.87. The highest BCUT2D eigenvalue weighted by Gasteiger charge is 2.26. The van der Waals surface area contributed by atoms with Gasteiger partial charge in [0.25, 0.3) is 5.91 Å². The number of carbonyl (C=O) groups excluding carboxylic acids is 1. The predicted octanol–water partition coefficient (Wildman–Crippen LogP) is 3.45. The molecule has 2 aromatic carbocycles. The number of fused-ring (bicyclic) bond motifs is 4. The van der Waals surface area contributed by atoms with Gasteiger partial charge >= 0.3 is 0 Å². The smallest absolute Gasteiger partial charge is 0.250 e. The number of benzene rings is 2. The van der Waals surface area contributed by atoms with Crippen LogP contribution in [0.4, 0.5) is 10.1 Å². The Kier molecular flexibility index (Phi) is 4.54. The quantitative estimate of drug-likeness (QED) is 0.388. The molecule has 2 N–H and O–H groups in total. The Morgan fingerprint density at radius 2 is 2.10 bits per heavy atom. The fourth-order valence-electron chi connectivity index (χ4n) is 4.73. The standard InChI is InChI=1S/C24H22FN3O3/c1-2-20(29)28-9-10-31-19-8-7-13(11-18(19)28)21-16(25)12-15(24(26)30)23-22(21)14-5-3-4-6-17(14)27-23/h2,7-8,11-12,27H,1,3-6,9-10H2,(H2,26,30)/p-1. The van der Waals surface area contributed by atoms with Gasteiger partial charge in [0, 0.05) is 22.2 Å². The SMILES string of the molecule is C=CC(=O)N1CCOc2ccc(-c3c(F)cc(C(=N)[O-])c4[nH]c5c(c34)CCCC5)cc21. The maximum Gasteiger partial charge on any atom is 0.250 e. The molecule has 6 nitrogen and oxygen atoms in total. The number of halogens is 1. The summed E-state index contributed by atoms with van der Waals surface area (Å²) in [5.74, 6) is -1.18. The maximum absolute atomic E-state index is 15.5. The molecule has 0 radical (unpaired) electrons. The number of aryl methyl sites for hydroxylation is 2. The lowest BCUT2D eigenvalue weighted by Crippen LogP contribution is -2.36. The molecule has 1 aliphatic heterocycles. The lowest BCUT2D eigenvalue weighted by Gasteiger charge is -2.29. The number of nitrogens with one attached hydrogen (secondary N) is 2. The largest absolute Gasteiger partial charge is 0.859 e. The van der Waals surface area contributed by atoms with E-state index in [0.717, 1.165) is 43.0 Å². The van der Waals surface area contributed by atoms with Gasteiger partial charge in [-0.2, -0.15) is 0 Å². The Balaban J connectivity index is 1.78. The minimum Gasteiger partial charge on any atom is -0.859 e. The molecule has 7 heteroatoms. The summed E-state index contributed by atoms with van der Waals surface area (Å²) in [6.07, 6.45) is 4.87. The van der Waals surface area contributed by atoms with Crippen LogP contribution in [0.1, 0.15) is 29.7 Å². The first-order chi connectivity index (χ1) is 15.0. The zero-order valence-corrected chi connectivity index (χ0v) is 16.9. The summed E-state index contributed by atoms with van der Waals surface area (Å²) in [4.78, 5) is 17.2. The molecule has 0 saturated carbocycles. The summed E-state index contributed by atoms with van der Waals surface area (Å²) >= 11 is 0. The van der Waals surface area contributed by atoms with Gasteiger partial charge in [-0.05, 0) is 67.0 Å². The van der Waals surface area contributed by atoms with E-state index in [1.165, 1.54) is 6.08 Å². The number of rotatable bonds is 3. The molecule has 3 aromatic rings. The molecule has 1 aliphatic carbocycles. The number of anilines is 1. The van der Waals surface area contributed by atoms with Crippen molar-refractivity contribution in [2.24, 2.45) is 0 Å². The van der Waals surface area contributed by atoms with Gasteiger partial charge in [0.1, 0.15) is 18.2 Å². The minimum atomic E-state index is -0.921. The van der Waals surface area contributed by atoms with Crippen molar-refractivity contribution in [2.45, 2.75) is 25.7 Å². The van der Waals surface area contributed by atoms with Gasteiger partial charge in [-0.1, -0.05) is 12.6 Å². The number of amides is 1. The van der Waals surface area contributed by atoms with Crippen LogP contribution >= 0.6 is 0 Å². The molecule has 158 valence electrons. The summed E-state index contributed by atoms with van der Waals surface area (Å²) in [5.41, 5.74) is 4.08. The molecule has 2 aliphatic rings. The van der Waals surface area contributed by atoms with Crippen LogP contribution in [0.3, 0.4) is 0 Å². The van der Waals surface area contributed by atoms with Crippen LogP contribution in [-0.4, -0.2) is 29.9 Å². The third kappa shape index (κ3) is 3.00. The van der Waals surface area contributed by atoms with E-state index in [1.54, 1.807) is 23.1 Å². The van der Waals surface area contributed by atoms with Gasteiger partial charge in [0.2, 0.25) is 0 Å². The molecule has 31 heavy (non-hydrogen) atoms. The number of ether oxygens (including phenoxy) is 1. The number of hydrogen-bond acceptors (Lipinski definition) is 4. The second kappa shape index (κ2) is 7.27. The average Bonchev–Trinajstić information content (AvgIpc) is 3.16. The molecule has 0 spiro atoms. The van der Waals surface area contributed by atoms with Crippen LogP contribution in [0.5, 0.6) is 5.75 Å². The van der Waals surface area contributed by atoms with E-state index in [-0.39, 0.29) is 11.5 Å². The van der Waals surface area contributed by atoms with E-state index in [0.29, 0.717) is 46.6 Å². The highest BCUT2D eigenvalue weighted by atomic mass is 19.1. The highest BCUT2D eigenvalue weighted by molar-refractivity contribution is 6.10. The van der Waals surface area contributed by atoms with E-state index in [2.05, 4.69) is 11.6 Å². The topological polar surface area (TPSA) is 92.2 Å². The molecule has 1 amide bonds. The Morgan fingerprint density at radius 3 is 2.87 bits per heavy atom. The summed E-state index contributed by atoms with van der Waals surface area (Å²) in [5, 5.41) is 20.2. The van der Waals surface area contributed by atoms with Crippen LogP contribution in [0.25, 0.3) is 22.0 Å². The Morgan fingerprint density at radius 1 is 1.29 bits per heavy atom. The first-order valence-corrected chi connectivity index (χ1v) is 10.3. The predicted molar refractivity (Wildman–Crippen MR) is 115 cm³/mol. The molecule has 2 heterocycles. The Hall–Kier alpha value is -3.61. The number of hydrogen-bond donors (Lipinski definition) is 2. The van der Waals surface area contributed by atoms with Crippen molar-refractivity contribution in [1.29, 1.82) is 5.41 Å². The first kappa shape index (κ1) is 19.4. The number of carbonyl (C=O) groups is 1. The van der Waals surface area contributed by atoms with Crippen molar-refractivity contribution >= 4 is 28.4 Å². The summed E-state index contributed by atoms with van der Waals surface area (Å²) < 4.78 is 21.1. The van der Waals surface area contributed by atoms with Crippen molar-refractivity contribution in [3.05, 3.63) is 59.6 Å². The van der Waals surface area contributed by atoms with Gasteiger partial charge in [0.15, 0.2) is 0 Å². The lowest BCUT2D eigenvalue weighted by atomic mass is 9.90. The van der Waals surface area contributed by atoms with Crippen LogP contribution < -0.4 is 14.7 Å². The van der Waals surface area contributed by atoms with Crippen molar-refractivity contribution < 1.29 is 19.0 Å². The number of aromatic amines is 1. The van der Waals surface area contributed by atoms with E-state index in [1.807, 2.05) is 0 Å². The number of H-pyrrole nitrogens is 1. The number of aromatic nitrogens is 1. The van der Waals surface area contributed by atoms with Gasteiger partial charge in [-0.25, -0.2) is 4.39 Å². The molecule has 5 rings (SSSR count). The first-order valence-electron chi connectivity index (χ1n) is 10.3. The van der Waals surface area contributed by atoms with Crippen LogP contribution in [0, 0.1) is 11.2 Å². The van der Waals surface area contributed by atoms with E-state index in [9.17, 15) is 9.90 Å². The normalized spacial score (nSPS) is 15.2. The summed E-state index contributed by atoms with van der Waals surface area (Å²) in [7, 11) is 0.